The van der Waals surface area contributed by atoms with E-state index in [-0.39, 0.29) is 0 Å². The number of benzene rings is 6. The van der Waals surface area contributed by atoms with Gasteiger partial charge in [-0.2, -0.15) is 0 Å². The standard InChI is InChI=1S/C51H54N3O4P/c55-49(40-22-7-1-8-23-40,41-24-9-2-10-25-41)46-34-19-37-52(46)59(58,53-38-20-35-47(53)50(56,42-26-11-3-12-27-42)43-28-13-4-14-29-43)54-39-21-36-48(54)51(57,44-30-15-5-16-31-44)45-32-17-6-18-33-45/h1-18,22-33,46-48,55-57H,19-21,34-39H2/t46-,47-,48-/m0/s1. The van der Waals surface area contributed by atoms with E-state index < -0.39 is 42.5 Å². The second-order valence-electron chi connectivity index (χ2n) is 16.5. The Bertz CT molecular complexity index is 1950. The summed E-state index contributed by atoms with van der Waals surface area (Å²) in [4.78, 5) is 0. The number of nitrogens with zero attached hydrogens (tertiary/aromatic N) is 3. The Morgan fingerprint density at radius 2 is 0.542 bits per heavy atom. The molecule has 59 heavy (non-hydrogen) atoms. The van der Waals surface area contributed by atoms with Crippen LogP contribution in [-0.4, -0.2) is 67.1 Å². The molecule has 9 rings (SSSR count). The highest BCUT2D eigenvalue weighted by molar-refractivity contribution is 7.56. The Hall–Kier alpha value is -4.69. The van der Waals surface area contributed by atoms with Gasteiger partial charge in [0.2, 0.25) is 0 Å². The zero-order chi connectivity index (χ0) is 40.5. The molecule has 7 nitrogen and oxygen atoms in total. The van der Waals surface area contributed by atoms with Crippen LogP contribution in [0.2, 0.25) is 0 Å². The van der Waals surface area contributed by atoms with Gasteiger partial charge in [0.15, 0.2) is 0 Å². The number of hydrogen-bond donors (Lipinski definition) is 3. The lowest BCUT2D eigenvalue weighted by Crippen LogP contribution is -2.57. The van der Waals surface area contributed by atoms with E-state index >= 15 is 4.57 Å². The quantitative estimate of drug-likeness (QED) is 0.106. The first-order valence-electron chi connectivity index (χ1n) is 21.2. The molecule has 6 aromatic rings. The second-order valence-corrected chi connectivity index (χ2v) is 19.0. The normalized spacial score (nSPS) is 21.2. The molecule has 0 spiro atoms. The van der Waals surface area contributed by atoms with Gasteiger partial charge in [0.05, 0.1) is 18.1 Å². The molecular weight excluding hydrogens is 750 g/mol. The topological polar surface area (TPSA) is 87.5 Å². The van der Waals surface area contributed by atoms with Gasteiger partial charge in [-0.15, -0.1) is 0 Å². The van der Waals surface area contributed by atoms with Crippen molar-refractivity contribution >= 4 is 7.59 Å². The summed E-state index contributed by atoms with van der Waals surface area (Å²) in [5.41, 5.74) is -0.152. The monoisotopic (exact) mass is 803 g/mol. The zero-order valence-corrected chi connectivity index (χ0v) is 34.3. The fraction of sp³-hybridized carbons (Fsp3) is 0.294. The fourth-order valence-electron chi connectivity index (χ4n) is 10.7. The Labute approximate surface area is 348 Å². The Kier molecular flexibility index (Phi) is 11.1. The van der Waals surface area contributed by atoms with Crippen molar-refractivity contribution in [3.8, 4) is 0 Å². The average molecular weight is 804 g/mol. The Morgan fingerprint density at radius 1 is 0.356 bits per heavy atom. The molecule has 8 heteroatoms. The minimum absolute atomic E-state index is 0.473. The van der Waals surface area contributed by atoms with Crippen LogP contribution in [0.5, 0.6) is 0 Å². The molecule has 0 aliphatic carbocycles. The molecule has 3 N–H and O–H groups in total. The largest absolute Gasteiger partial charge is 0.379 e. The highest BCUT2D eigenvalue weighted by atomic mass is 31.2. The summed E-state index contributed by atoms with van der Waals surface area (Å²) in [6.07, 6.45) is 3.96. The number of rotatable bonds is 12. The summed E-state index contributed by atoms with van der Waals surface area (Å²) in [7, 11) is -4.02. The molecular formula is C51H54N3O4P. The maximum atomic E-state index is 17.8. The van der Waals surface area contributed by atoms with E-state index in [9.17, 15) is 15.3 Å². The molecule has 0 aromatic heterocycles. The van der Waals surface area contributed by atoms with Crippen LogP contribution in [0.15, 0.2) is 182 Å². The highest BCUT2D eigenvalue weighted by Gasteiger charge is 2.63. The summed E-state index contributed by atoms with van der Waals surface area (Å²) in [5.74, 6) is 0. The lowest BCUT2D eigenvalue weighted by Gasteiger charge is -2.53. The van der Waals surface area contributed by atoms with Gasteiger partial charge < -0.3 is 15.3 Å². The molecule has 3 fully saturated rings. The van der Waals surface area contributed by atoms with Crippen molar-refractivity contribution in [1.82, 2.24) is 14.0 Å². The second kappa shape index (κ2) is 16.4. The van der Waals surface area contributed by atoms with Crippen LogP contribution >= 0.6 is 7.59 Å². The summed E-state index contributed by atoms with van der Waals surface area (Å²) >= 11 is 0. The van der Waals surface area contributed by atoms with Crippen LogP contribution in [0.25, 0.3) is 0 Å². The molecule has 0 amide bonds. The van der Waals surface area contributed by atoms with Crippen molar-refractivity contribution in [2.45, 2.75) is 73.5 Å². The van der Waals surface area contributed by atoms with E-state index in [1.54, 1.807) is 0 Å². The van der Waals surface area contributed by atoms with Crippen LogP contribution in [0, 0.1) is 0 Å². The molecule has 0 bridgehead atoms. The van der Waals surface area contributed by atoms with Gasteiger partial charge in [0.1, 0.15) is 16.8 Å². The molecule has 3 saturated heterocycles. The maximum Gasteiger partial charge on any atom is 0.288 e. The molecule has 3 aliphatic rings. The van der Waals surface area contributed by atoms with Crippen LogP contribution < -0.4 is 0 Å². The minimum atomic E-state index is -4.02. The Morgan fingerprint density at radius 3 is 0.729 bits per heavy atom. The number of aliphatic hydroxyl groups is 3. The van der Waals surface area contributed by atoms with E-state index in [4.69, 9.17) is 0 Å². The van der Waals surface area contributed by atoms with E-state index in [0.717, 1.165) is 52.6 Å². The maximum absolute atomic E-state index is 17.8. The van der Waals surface area contributed by atoms with Crippen molar-refractivity contribution in [2.24, 2.45) is 0 Å². The first-order chi connectivity index (χ1) is 28.8. The smallest absolute Gasteiger partial charge is 0.288 e. The van der Waals surface area contributed by atoms with Gasteiger partial charge >= 0.3 is 0 Å². The lowest BCUT2D eigenvalue weighted by atomic mass is 9.79. The van der Waals surface area contributed by atoms with Gasteiger partial charge in [0, 0.05) is 19.6 Å². The van der Waals surface area contributed by atoms with Gasteiger partial charge in [-0.25, -0.2) is 14.0 Å². The predicted molar refractivity (Wildman–Crippen MR) is 234 cm³/mol. The zero-order valence-electron chi connectivity index (χ0n) is 33.5. The molecule has 0 saturated carbocycles. The molecule has 302 valence electrons. The third kappa shape index (κ3) is 6.65. The fourth-order valence-corrected chi connectivity index (χ4v) is 14.7. The molecule has 0 unspecified atom stereocenters. The van der Waals surface area contributed by atoms with Crippen molar-refractivity contribution in [3.63, 3.8) is 0 Å². The van der Waals surface area contributed by atoms with E-state index in [1.165, 1.54) is 0 Å². The van der Waals surface area contributed by atoms with Gasteiger partial charge in [-0.1, -0.05) is 182 Å². The predicted octanol–water partition coefficient (Wildman–Crippen LogP) is 9.30. The third-order valence-corrected chi connectivity index (χ3v) is 16.9. The molecule has 6 aromatic carbocycles. The van der Waals surface area contributed by atoms with Crippen molar-refractivity contribution in [2.75, 3.05) is 19.6 Å². The van der Waals surface area contributed by atoms with Crippen molar-refractivity contribution in [1.29, 1.82) is 0 Å². The molecule has 3 aliphatic heterocycles. The summed E-state index contributed by atoms with van der Waals surface area (Å²) in [6, 6.07) is 57.0. The molecule has 0 radical (unpaired) electrons. The van der Waals surface area contributed by atoms with E-state index in [0.29, 0.717) is 38.9 Å². The third-order valence-electron chi connectivity index (χ3n) is 13.4. The minimum Gasteiger partial charge on any atom is -0.379 e. The van der Waals surface area contributed by atoms with E-state index in [1.807, 2.05) is 182 Å². The van der Waals surface area contributed by atoms with Gasteiger partial charge in [0.25, 0.3) is 7.59 Å². The van der Waals surface area contributed by atoms with E-state index in [2.05, 4.69) is 14.0 Å². The number of hydrogen-bond acceptors (Lipinski definition) is 4. The van der Waals surface area contributed by atoms with Crippen LogP contribution in [0.1, 0.15) is 71.9 Å². The first-order valence-corrected chi connectivity index (χ1v) is 22.8. The van der Waals surface area contributed by atoms with Gasteiger partial charge in [-0.3, -0.25) is 4.57 Å². The van der Waals surface area contributed by atoms with Crippen LogP contribution in [0.4, 0.5) is 0 Å². The van der Waals surface area contributed by atoms with Crippen LogP contribution in [0.3, 0.4) is 0 Å². The highest BCUT2D eigenvalue weighted by Crippen LogP contribution is 2.68. The van der Waals surface area contributed by atoms with Gasteiger partial charge in [-0.05, 0) is 71.9 Å². The first kappa shape index (κ1) is 39.8. The molecule has 3 heterocycles. The average Bonchev–Trinajstić information content (AvgIpc) is 4.13. The summed E-state index contributed by atoms with van der Waals surface area (Å²) < 4.78 is 24.2. The molecule has 3 atom stereocenters. The van der Waals surface area contributed by atoms with Crippen LogP contribution in [-0.2, 0) is 21.4 Å². The van der Waals surface area contributed by atoms with Crippen molar-refractivity contribution in [3.05, 3.63) is 215 Å². The SMILES string of the molecule is O=P(N1CCC[C@H]1C(O)(c1ccccc1)c1ccccc1)(N1CCC[C@H]1C(O)(c1ccccc1)c1ccccc1)N1CCC[C@H]1C(O)(c1ccccc1)c1ccccc1. The lowest BCUT2D eigenvalue weighted by molar-refractivity contribution is -0.00943. The summed E-state index contributed by atoms with van der Waals surface area (Å²) in [5, 5.41) is 40.6. The summed E-state index contributed by atoms with van der Waals surface area (Å²) in [6.45, 7) is 1.42. The Balaban J connectivity index is 1.28. The van der Waals surface area contributed by atoms with Crippen molar-refractivity contribution < 1.29 is 19.9 Å².